The maximum Gasteiger partial charge on any atom is 0.407 e. The third-order valence-corrected chi connectivity index (χ3v) is 5.31. The Labute approximate surface area is 144 Å². The largest absolute Gasteiger partial charge is 0.444 e. The van der Waals surface area contributed by atoms with E-state index in [0.717, 1.165) is 6.42 Å². The van der Waals surface area contributed by atoms with Gasteiger partial charge in [0.2, 0.25) is 0 Å². The lowest BCUT2D eigenvalue weighted by Gasteiger charge is -2.34. The van der Waals surface area contributed by atoms with Gasteiger partial charge in [0.1, 0.15) is 5.60 Å². The van der Waals surface area contributed by atoms with E-state index in [1.165, 1.54) is 24.1 Å². The van der Waals surface area contributed by atoms with Crippen molar-refractivity contribution in [3.63, 3.8) is 0 Å². The molecule has 1 aliphatic rings. The molecule has 1 aromatic rings. The van der Waals surface area contributed by atoms with Gasteiger partial charge in [0.25, 0.3) is 0 Å². The van der Waals surface area contributed by atoms with Crippen molar-refractivity contribution in [2.45, 2.75) is 71.1 Å². The van der Waals surface area contributed by atoms with Crippen LogP contribution in [0.3, 0.4) is 0 Å². The fourth-order valence-corrected chi connectivity index (χ4v) is 3.88. The Morgan fingerprint density at radius 1 is 1.39 bits per heavy atom. The fourth-order valence-electron chi connectivity index (χ4n) is 3.14. The van der Waals surface area contributed by atoms with Gasteiger partial charge in [0, 0.05) is 23.5 Å². The molecular formula is C18H30N2O2S. The molecule has 0 bridgehead atoms. The van der Waals surface area contributed by atoms with Crippen LogP contribution in [0.25, 0.3) is 0 Å². The molecule has 2 N–H and O–H groups in total. The third kappa shape index (κ3) is 6.15. The number of hydrogen-bond acceptors (Lipinski definition) is 4. The lowest BCUT2D eigenvalue weighted by Crippen LogP contribution is -2.45. The van der Waals surface area contributed by atoms with E-state index in [1.807, 2.05) is 20.8 Å². The smallest absolute Gasteiger partial charge is 0.407 e. The second kappa shape index (κ2) is 8.15. The van der Waals surface area contributed by atoms with Crippen molar-refractivity contribution in [3.05, 3.63) is 22.4 Å². The minimum absolute atomic E-state index is 0.312. The molecular weight excluding hydrogens is 308 g/mol. The van der Waals surface area contributed by atoms with Crippen LogP contribution in [0.2, 0.25) is 0 Å². The number of carbonyl (C=O) groups is 1. The summed E-state index contributed by atoms with van der Waals surface area (Å²) in [5, 5.41) is 8.83. The molecule has 0 saturated heterocycles. The van der Waals surface area contributed by atoms with Crippen molar-refractivity contribution in [3.8, 4) is 0 Å². The third-order valence-electron chi connectivity index (χ3n) is 4.25. The van der Waals surface area contributed by atoms with Gasteiger partial charge in [-0.15, -0.1) is 11.3 Å². The number of carbonyl (C=O) groups excluding carboxylic acids is 1. The van der Waals surface area contributed by atoms with Gasteiger partial charge in [-0.05, 0) is 57.9 Å². The lowest BCUT2D eigenvalue weighted by atomic mass is 9.84. The van der Waals surface area contributed by atoms with Crippen LogP contribution in [0, 0.1) is 5.92 Å². The summed E-state index contributed by atoms with van der Waals surface area (Å²) >= 11 is 1.79. The van der Waals surface area contributed by atoms with Gasteiger partial charge in [0.05, 0.1) is 0 Å². The summed E-state index contributed by atoms with van der Waals surface area (Å²) in [6.07, 6.45) is 4.53. The van der Waals surface area contributed by atoms with E-state index in [1.54, 1.807) is 11.3 Å². The molecule has 5 heteroatoms. The van der Waals surface area contributed by atoms with Crippen LogP contribution in [-0.2, 0) is 4.74 Å². The topological polar surface area (TPSA) is 50.4 Å². The highest BCUT2D eigenvalue weighted by Gasteiger charge is 2.27. The van der Waals surface area contributed by atoms with Gasteiger partial charge in [-0.2, -0.15) is 0 Å². The highest BCUT2D eigenvalue weighted by molar-refractivity contribution is 7.10. The number of ether oxygens (including phenoxy) is 1. The van der Waals surface area contributed by atoms with Gasteiger partial charge < -0.3 is 15.4 Å². The van der Waals surface area contributed by atoms with Crippen LogP contribution in [0.5, 0.6) is 0 Å². The van der Waals surface area contributed by atoms with E-state index in [-0.39, 0.29) is 6.09 Å². The van der Waals surface area contributed by atoms with E-state index >= 15 is 0 Å². The average Bonchev–Trinajstić information content (AvgIpc) is 2.99. The zero-order valence-electron chi connectivity index (χ0n) is 14.7. The van der Waals surface area contributed by atoms with Gasteiger partial charge in [-0.1, -0.05) is 18.9 Å². The Hall–Kier alpha value is -1.07. The second-order valence-corrected chi connectivity index (χ2v) is 8.42. The van der Waals surface area contributed by atoms with Crippen molar-refractivity contribution in [1.29, 1.82) is 0 Å². The number of thiophene rings is 1. The van der Waals surface area contributed by atoms with Crippen LogP contribution in [0.1, 0.15) is 64.3 Å². The molecule has 1 fully saturated rings. The quantitative estimate of drug-likeness (QED) is 0.832. The number of alkyl carbamates (subject to hydrolysis) is 1. The first kappa shape index (κ1) is 18.3. The zero-order valence-corrected chi connectivity index (χ0v) is 15.5. The summed E-state index contributed by atoms with van der Waals surface area (Å²) in [6, 6.07) is 5.09. The van der Waals surface area contributed by atoms with Crippen molar-refractivity contribution >= 4 is 17.4 Å². The molecule has 0 aromatic carbocycles. The Kier molecular flexibility index (Phi) is 6.48. The normalized spacial score (nSPS) is 23.3. The summed E-state index contributed by atoms with van der Waals surface area (Å²) in [6.45, 7) is 8.57. The Bertz CT molecular complexity index is 482. The molecule has 130 valence electrons. The summed E-state index contributed by atoms with van der Waals surface area (Å²) in [7, 11) is 0. The van der Waals surface area contributed by atoms with Gasteiger partial charge in [0.15, 0.2) is 0 Å². The van der Waals surface area contributed by atoms with Crippen LogP contribution in [-0.4, -0.2) is 24.3 Å². The molecule has 3 unspecified atom stereocenters. The van der Waals surface area contributed by atoms with E-state index < -0.39 is 5.60 Å². The minimum Gasteiger partial charge on any atom is -0.444 e. The highest BCUT2D eigenvalue weighted by Crippen LogP contribution is 2.27. The number of amides is 1. The molecule has 1 aliphatic carbocycles. The maximum atomic E-state index is 11.9. The minimum atomic E-state index is -0.442. The summed E-state index contributed by atoms with van der Waals surface area (Å²) in [5.74, 6) is 0.471. The standard InChI is InChI=1S/C18H30N2O2S/c1-13(16-10-7-11-23-16)20-15-9-6-5-8-14(15)12-19-17(21)22-18(2,3)4/h7,10-11,13-15,20H,5-6,8-9,12H2,1-4H3,(H,19,21). The van der Waals surface area contributed by atoms with Crippen LogP contribution >= 0.6 is 11.3 Å². The first-order chi connectivity index (χ1) is 10.8. The van der Waals surface area contributed by atoms with Crippen molar-refractivity contribution in [1.82, 2.24) is 10.6 Å². The molecule has 0 aliphatic heterocycles. The Balaban J connectivity index is 1.84. The summed E-state index contributed by atoms with van der Waals surface area (Å²) in [5.41, 5.74) is -0.442. The molecule has 2 rings (SSSR count). The highest BCUT2D eigenvalue weighted by atomic mass is 32.1. The molecule has 0 radical (unpaired) electrons. The van der Waals surface area contributed by atoms with Crippen LogP contribution in [0.15, 0.2) is 17.5 Å². The number of nitrogens with one attached hydrogen (secondary N) is 2. The predicted molar refractivity (Wildman–Crippen MR) is 95.9 cm³/mol. The fraction of sp³-hybridized carbons (Fsp3) is 0.722. The molecule has 0 spiro atoms. The van der Waals surface area contributed by atoms with E-state index in [0.29, 0.717) is 24.5 Å². The van der Waals surface area contributed by atoms with Crippen LogP contribution < -0.4 is 10.6 Å². The Morgan fingerprint density at radius 2 is 2.13 bits per heavy atom. The first-order valence-corrected chi connectivity index (χ1v) is 9.49. The van der Waals surface area contributed by atoms with E-state index in [9.17, 15) is 4.79 Å². The van der Waals surface area contributed by atoms with Crippen LogP contribution in [0.4, 0.5) is 4.79 Å². The molecule has 1 heterocycles. The number of rotatable bonds is 5. The molecule has 4 nitrogen and oxygen atoms in total. The molecule has 1 saturated carbocycles. The monoisotopic (exact) mass is 338 g/mol. The lowest BCUT2D eigenvalue weighted by molar-refractivity contribution is 0.0510. The van der Waals surface area contributed by atoms with E-state index in [4.69, 9.17) is 4.74 Å². The van der Waals surface area contributed by atoms with Crippen molar-refractivity contribution in [2.75, 3.05) is 6.54 Å². The van der Waals surface area contributed by atoms with Gasteiger partial charge in [-0.3, -0.25) is 0 Å². The first-order valence-electron chi connectivity index (χ1n) is 8.61. The van der Waals surface area contributed by atoms with Crippen molar-refractivity contribution in [2.24, 2.45) is 5.92 Å². The Morgan fingerprint density at radius 3 is 2.78 bits per heavy atom. The van der Waals surface area contributed by atoms with Gasteiger partial charge >= 0.3 is 6.09 Å². The average molecular weight is 339 g/mol. The molecule has 23 heavy (non-hydrogen) atoms. The van der Waals surface area contributed by atoms with Crippen molar-refractivity contribution < 1.29 is 9.53 Å². The second-order valence-electron chi connectivity index (χ2n) is 7.44. The summed E-state index contributed by atoms with van der Waals surface area (Å²) in [4.78, 5) is 13.2. The molecule has 1 amide bonds. The summed E-state index contributed by atoms with van der Waals surface area (Å²) < 4.78 is 5.34. The predicted octanol–water partition coefficient (Wildman–Crippen LogP) is 4.48. The number of hydrogen-bond donors (Lipinski definition) is 2. The molecule has 1 aromatic heterocycles. The molecule has 3 atom stereocenters. The maximum absolute atomic E-state index is 11.9. The van der Waals surface area contributed by atoms with E-state index in [2.05, 4.69) is 35.1 Å². The van der Waals surface area contributed by atoms with Gasteiger partial charge in [-0.25, -0.2) is 4.79 Å². The SMILES string of the molecule is CC(NC1CCCCC1CNC(=O)OC(C)(C)C)c1cccs1. The zero-order chi connectivity index (χ0) is 16.9.